The predicted molar refractivity (Wildman–Crippen MR) is 132 cm³/mol. The number of nitrogens with zero attached hydrogens (tertiary/aromatic N) is 1. The van der Waals surface area contributed by atoms with E-state index >= 15 is 0 Å². The van der Waals surface area contributed by atoms with E-state index in [1.54, 1.807) is 55.5 Å². The number of hydrogen-bond donors (Lipinski definition) is 2. The normalized spacial score (nSPS) is 13.2. The molecular formula is C26H20ClN3O5. The summed E-state index contributed by atoms with van der Waals surface area (Å²) in [6.45, 7) is 1.79. The fraction of sp³-hybridized carbons (Fsp3) is 0.0769. The Labute approximate surface area is 206 Å². The van der Waals surface area contributed by atoms with Crippen molar-refractivity contribution >= 4 is 52.4 Å². The Kier molecular flexibility index (Phi) is 6.66. The largest absolute Gasteiger partial charge is 0.465 e. The van der Waals surface area contributed by atoms with Crippen LogP contribution in [0.2, 0.25) is 0 Å². The minimum atomic E-state index is -0.627. The smallest absolute Gasteiger partial charge is 0.337 e. The standard InChI is InChI=1S/C26H20ClN3O5/c1-15-6-3-4-9-20(15)30-24(32)21(27)22(25(30)33)28-19-8-5-7-17(14-19)23(31)29-18-12-10-16(11-13-18)26(34)35-2/h3-14,28H,1-2H3,(H,29,31). The molecule has 0 aliphatic carbocycles. The molecule has 3 aromatic carbocycles. The number of ether oxygens (including phenoxy) is 1. The number of amides is 3. The van der Waals surface area contributed by atoms with Gasteiger partial charge < -0.3 is 15.4 Å². The van der Waals surface area contributed by atoms with Gasteiger partial charge in [-0.2, -0.15) is 0 Å². The molecule has 0 unspecified atom stereocenters. The number of nitrogens with one attached hydrogen (secondary N) is 2. The van der Waals surface area contributed by atoms with Crippen molar-refractivity contribution in [3.8, 4) is 0 Å². The van der Waals surface area contributed by atoms with Gasteiger partial charge in [0.05, 0.1) is 18.4 Å². The molecule has 0 fully saturated rings. The highest BCUT2D eigenvalue weighted by atomic mass is 35.5. The van der Waals surface area contributed by atoms with Crippen LogP contribution in [0.5, 0.6) is 0 Å². The van der Waals surface area contributed by atoms with Gasteiger partial charge in [-0.05, 0) is 61.0 Å². The average molecular weight is 490 g/mol. The highest BCUT2D eigenvalue weighted by Gasteiger charge is 2.39. The van der Waals surface area contributed by atoms with Gasteiger partial charge in [0.1, 0.15) is 10.7 Å². The molecule has 0 saturated heterocycles. The predicted octanol–water partition coefficient (Wildman–Crippen LogP) is 4.47. The Morgan fingerprint density at radius 2 is 1.57 bits per heavy atom. The Hall–Kier alpha value is -4.43. The number of methoxy groups -OCH3 is 1. The van der Waals surface area contributed by atoms with E-state index in [4.69, 9.17) is 11.6 Å². The van der Waals surface area contributed by atoms with Crippen LogP contribution in [0, 0.1) is 6.92 Å². The van der Waals surface area contributed by atoms with Crippen LogP contribution in [0.25, 0.3) is 0 Å². The number of para-hydroxylation sites is 1. The summed E-state index contributed by atoms with van der Waals surface area (Å²) in [6, 6.07) is 19.6. The maximum absolute atomic E-state index is 13.0. The van der Waals surface area contributed by atoms with Crippen LogP contribution in [0.4, 0.5) is 17.1 Å². The third kappa shape index (κ3) is 4.78. The lowest BCUT2D eigenvalue weighted by molar-refractivity contribution is -0.120. The van der Waals surface area contributed by atoms with Crippen molar-refractivity contribution in [1.82, 2.24) is 0 Å². The number of halogens is 1. The number of benzene rings is 3. The second-order valence-corrected chi connectivity index (χ2v) is 8.03. The minimum absolute atomic E-state index is 0.0733. The summed E-state index contributed by atoms with van der Waals surface area (Å²) >= 11 is 6.22. The molecule has 1 aliphatic rings. The minimum Gasteiger partial charge on any atom is -0.465 e. The Bertz CT molecular complexity index is 1380. The van der Waals surface area contributed by atoms with Gasteiger partial charge in [0.15, 0.2) is 0 Å². The molecule has 4 rings (SSSR count). The molecule has 1 aliphatic heterocycles. The summed E-state index contributed by atoms with van der Waals surface area (Å²) in [5.41, 5.74) is 2.67. The summed E-state index contributed by atoms with van der Waals surface area (Å²) < 4.78 is 4.66. The molecule has 0 bridgehead atoms. The highest BCUT2D eigenvalue weighted by molar-refractivity contribution is 6.53. The molecule has 2 N–H and O–H groups in total. The fourth-order valence-electron chi connectivity index (χ4n) is 3.54. The van der Waals surface area contributed by atoms with Crippen LogP contribution < -0.4 is 15.5 Å². The van der Waals surface area contributed by atoms with E-state index in [0.29, 0.717) is 28.2 Å². The molecular weight excluding hydrogens is 470 g/mol. The number of anilines is 3. The first-order chi connectivity index (χ1) is 16.8. The molecule has 9 heteroatoms. The van der Waals surface area contributed by atoms with E-state index in [2.05, 4.69) is 15.4 Å². The van der Waals surface area contributed by atoms with Crippen LogP contribution in [0.1, 0.15) is 26.3 Å². The summed E-state index contributed by atoms with van der Waals surface area (Å²) in [4.78, 5) is 51.1. The van der Waals surface area contributed by atoms with Crippen molar-refractivity contribution < 1.29 is 23.9 Å². The zero-order valence-electron chi connectivity index (χ0n) is 18.8. The zero-order chi connectivity index (χ0) is 25.1. The second-order valence-electron chi connectivity index (χ2n) is 7.65. The Morgan fingerprint density at radius 3 is 2.26 bits per heavy atom. The molecule has 1 heterocycles. The first-order valence-electron chi connectivity index (χ1n) is 10.5. The summed E-state index contributed by atoms with van der Waals surface area (Å²) in [5.74, 6) is -2.10. The third-order valence-electron chi connectivity index (χ3n) is 5.34. The van der Waals surface area contributed by atoms with Crippen LogP contribution in [-0.4, -0.2) is 30.8 Å². The molecule has 0 spiro atoms. The first-order valence-corrected chi connectivity index (χ1v) is 10.9. The third-order valence-corrected chi connectivity index (χ3v) is 5.69. The number of hydrogen-bond acceptors (Lipinski definition) is 6. The van der Waals surface area contributed by atoms with Crippen LogP contribution >= 0.6 is 11.6 Å². The number of imide groups is 1. The maximum Gasteiger partial charge on any atom is 0.337 e. The molecule has 3 amide bonds. The first kappa shape index (κ1) is 23.7. The number of aryl methyl sites for hydroxylation is 1. The van der Waals surface area contributed by atoms with E-state index < -0.39 is 23.7 Å². The van der Waals surface area contributed by atoms with E-state index in [9.17, 15) is 19.2 Å². The van der Waals surface area contributed by atoms with Crippen molar-refractivity contribution in [3.05, 3.63) is 100 Å². The molecule has 0 aromatic heterocycles. The number of rotatable bonds is 6. The SMILES string of the molecule is COC(=O)c1ccc(NC(=O)c2cccc(NC3=C(Cl)C(=O)N(c4ccccc4C)C3=O)c2)cc1. The van der Waals surface area contributed by atoms with E-state index in [-0.39, 0.29) is 10.7 Å². The molecule has 0 atom stereocenters. The van der Waals surface area contributed by atoms with Gasteiger partial charge in [0.25, 0.3) is 17.7 Å². The molecule has 8 nitrogen and oxygen atoms in total. The van der Waals surface area contributed by atoms with Gasteiger partial charge in [-0.15, -0.1) is 0 Å². The topological polar surface area (TPSA) is 105 Å². The molecule has 35 heavy (non-hydrogen) atoms. The molecule has 176 valence electrons. The van der Waals surface area contributed by atoms with Gasteiger partial charge in [0, 0.05) is 16.9 Å². The maximum atomic E-state index is 13.0. The highest BCUT2D eigenvalue weighted by Crippen LogP contribution is 2.32. The lowest BCUT2D eigenvalue weighted by atomic mass is 10.1. The van der Waals surface area contributed by atoms with Crippen LogP contribution in [-0.2, 0) is 14.3 Å². The number of carbonyl (C=O) groups excluding carboxylic acids is 4. The number of carbonyl (C=O) groups is 4. The Morgan fingerprint density at radius 1 is 0.857 bits per heavy atom. The van der Waals surface area contributed by atoms with Crippen LogP contribution in [0.15, 0.2) is 83.5 Å². The summed E-state index contributed by atoms with van der Waals surface area (Å²) in [7, 11) is 1.29. The fourth-order valence-corrected chi connectivity index (χ4v) is 3.75. The second kappa shape index (κ2) is 9.82. The van der Waals surface area contributed by atoms with Gasteiger partial charge in [-0.3, -0.25) is 14.4 Å². The van der Waals surface area contributed by atoms with Crippen molar-refractivity contribution in [2.24, 2.45) is 0 Å². The van der Waals surface area contributed by atoms with Crippen LogP contribution in [0.3, 0.4) is 0 Å². The molecule has 3 aromatic rings. The quantitative estimate of drug-likeness (QED) is 0.391. The summed E-state index contributed by atoms with van der Waals surface area (Å²) in [6.07, 6.45) is 0. The van der Waals surface area contributed by atoms with Gasteiger partial charge >= 0.3 is 5.97 Å². The monoisotopic (exact) mass is 489 g/mol. The van der Waals surface area contributed by atoms with Gasteiger partial charge in [-0.25, -0.2) is 9.69 Å². The number of esters is 1. The lowest BCUT2D eigenvalue weighted by Crippen LogP contribution is -2.32. The van der Waals surface area contributed by atoms with Crippen molar-refractivity contribution in [1.29, 1.82) is 0 Å². The van der Waals surface area contributed by atoms with Gasteiger partial charge in [0.2, 0.25) is 0 Å². The van der Waals surface area contributed by atoms with E-state index in [1.807, 2.05) is 6.07 Å². The van der Waals surface area contributed by atoms with Crippen molar-refractivity contribution in [2.75, 3.05) is 22.6 Å². The van der Waals surface area contributed by atoms with E-state index in [0.717, 1.165) is 10.5 Å². The van der Waals surface area contributed by atoms with Gasteiger partial charge in [-0.1, -0.05) is 35.9 Å². The zero-order valence-corrected chi connectivity index (χ0v) is 19.6. The average Bonchev–Trinajstić information content (AvgIpc) is 3.07. The molecule has 0 radical (unpaired) electrons. The Balaban J connectivity index is 1.51. The van der Waals surface area contributed by atoms with Crippen molar-refractivity contribution in [2.45, 2.75) is 6.92 Å². The molecule has 0 saturated carbocycles. The summed E-state index contributed by atoms with van der Waals surface area (Å²) in [5, 5.41) is 5.38. The van der Waals surface area contributed by atoms with Crippen molar-refractivity contribution in [3.63, 3.8) is 0 Å². The lowest BCUT2D eigenvalue weighted by Gasteiger charge is -2.17. The van der Waals surface area contributed by atoms with E-state index in [1.165, 1.54) is 25.3 Å².